The minimum absolute atomic E-state index is 0.0184. The normalized spacial score (nSPS) is 10.7. The SMILES string of the molecule is CCOC(=O)c1nnn(CC(=O)NC(CC)CC)c1CN. The average molecular weight is 297 g/mol. The largest absolute Gasteiger partial charge is 0.461 e. The molecule has 0 spiro atoms. The van der Waals surface area contributed by atoms with Gasteiger partial charge in [0.25, 0.3) is 0 Å². The molecule has 0 radical (unpaired) electrons. The van der Waals surface area contributed by atoms with Crippen molar-refractivity contribution in [3.8, 4) is 0 Å². The molecular formula is C13H23N5O3. The Labute approximate surface area is 124 Å². The molecule has 0 fully saturated rings. The molecule has 0 saturated heterocycles. The quantitative estimate of drug-likeness (QED) is 0.664. The maximum absolute atomic E-state index is 12.0. The summed E-state index contributed by atoms with van der Waals surface area (Å²) >= 11 is 0. The number of nitrogens with two attached hydrogens (primary N) is 1. The number of carbonyl (C=O) groups is 2. The van der Waals surface area contributed by atoms with Gasteiger partial charge in [0.15, 0.2) is 5.69 Å². The van der Waals surface area contributed by atoms with Crippen molar-refractivity contribution in [2.75, 3.05) is 6.61 Å². The molecule has 8 nitrogen and oxygen atoms in total. The van der Waals surface area contributed by atoms with Crippen LogP contribution in [-0.4, -0.2) is 39.5 Å². The van der Waals surface area contributed by atoms with Gasteiger partial charge in [-0.15, -0.1) is 5.10 Å². The molecule has 1 heterocycles. The third kappa shape index (κ3) is 4.52. The molecule has 3 N–H and O–H groups in total. The molecule has 1 amide bonds. The maximum atomic E-state index is 12.0. The van der Waals surface area contributed by atoms with Crippen molar-refractivity contribution in [2.24, 2.45) is 5.73 Å². The summed E-state index contributed by atoms with van der Waals surface area (Å²) in [7, 11) is 0. The zero-order valence-electron chi connectivity index (χ0n) is 12.8. The summed E-state index contributed by atoms with van der Waals surface area (Å²) in [5.41, 5.74) is 6.08. The Morgan fingerprint density at radius 2 is 2.00 bits per heavy atom. The second kappa shape index (κ2) is 8.35. The van der Waals surface area contributed by atoms with Crippen molar-refractivity contribution in [1.29, 1.82) is 0 Å². The first-order valence-electron chi connectivity index (χ1n) is 7.16. The molecule has 0 aliphatic heterocycles. The lowest BCUT2D eigenvalue weighted by molar-refractivity contribution is -0.122. The summed E-state index contributed by atoms with van der Waals surface area (Å²) < 4.78 is 6.21. The van der Waals surface area contributed by atoms with Crippen LogP contribution in [0.3, 0.4) is 0 Å². The van der Waals surface area contributed by atoms with Gasteiger partial charge in [0.05, 0.1) is 12.3 Å². The minimum Gasteiger partial charge on any atom is -0.461 e. The Morgan fingerprint density at radius 1 is 1.33 bits per heavy atom. The van der Waals surface area contributed by atoms with Gasteiger partial charge in [-0.25, -0.2) is 9.48 Å². The summed E-state index contributed by atoms with van der Waals surface area (Å²) in [6, 6.07) is 0.131. The predicted molar refractivity (Wildman–Crippen MR) is 76.4 cm³/mol. The molecule has 1 aromatic rings. The lowest BCUT2D eigenvalue weighted by atomic mass is 10.2. The van der Waals surface area contributed by atoms with E-state index in [9.17, 15) is 9.59 Å². The smallest absolute Gasteiger partial charge is 0.360 e. The first-order valence-corrected chi connectivity index (χ1v) is 7.16. The van der Waals surface area contributed by atoms with E-state index in [1.54, 1.807) is 6.92 Å². The van der Waals surface area contributed by atoms with Crippen LogP contribution in [0.2, 0.25) is 0 Å². The number of ether oxygens (including phenoxy) is 1. The molecule has 0 unspecified atom stereocenters. The van der Waals surface area contributed by atoms with E-state index in [-0.39, 0.29) is 37.3 Å². The van der Waals surface area contributed by atoms with E-state index in [0.717, 1.165) is 12.8 Å². The summed E-state index contributed by atoms with van der Waals surface area (Å²) in [5.74, 6) is -0.761. The van der Waals surface area contributed by atoms with Crippen LogP contribution in [0.25, 0.3) is 0 Å². The van der Waals surface area contributed by atoms with Gasteiger partial charge in [0.1, 0.15) is 6.54 Å². The molecular weight excluding hydrogens is 274 g/mol. The summed E-state index contributed by atoms with van der Waals surface area (Å²) in [6.07, 6.45) is 1.72. The Bertz CT molecular complexity index is 482. The number of hydrogen-bond donors (Lipinski definition) is 2. The molecule has 0 bridgehead atoms. The van der Waals surface area contributed by atoms with Gasteiger partial charge in [-0.05, 0) is 19.8 Å². The number of nitrogens with one attached hydrogen (secondary N) is 1. The second-order valence-electron chi connectivity index (χ2n) is 4.55. The molecule has 1 rings (SSSR count). The van der Waals surface area contributed by atoms with Gasteiger partial charge >= 0.3 is 5.97 Å². The Balaban J connectivity index is 2.80. The molecule has 0 atom stereocenters. The summed E-state index contributed by atoms with van der Waals surface area (Å²) in [5, 5.41) is 10.5. The monoisotopic (exact) mass is 297 g/mol. The second-order valence-corrected chi connectivity index (χ2v) is 4.55. The zero-order chi connectivity index (χ0) is 15.8. The average Bonchev–Trinajstić information content (AvgIpc) is 2.87. The highest BCUT2D eigenvalue weighted by Crippen LogP contribution is 2.07. The summed E-state index contributed by atoms with van der Waals surface area (Å²) in [4.78, 5) is 23.7. The molecule has 118 valence electrons. The van der Waals surface area contributed by atoms with Gasteiger partial charge < -0.3 is 15.8 Å². The van der Waals surface area contributed by atoms with Gasteiger partial charge in [-0.1, -0.05) is 19.1 Å². The summed E-state index contributed by atoms with van der Waals surface area (Å²) in [6.45, 7) is 6.00. The highest BCUT2D eigenvalue weighted by Gasteiger charge is 2.21. The lowest BCUT2D eigenvalue weighted by Gasteiger charge is -2.15. The third-order valence-electron chi connectivity index (χ3n) is 3.14. The van der Waals surface area contributed by atoms with Crippen LogP contribution in [-0.2, 0) is 22.6 Å². The fraction of sp³-hybridized carbons (Fsp3) is 0.692. The number of carbonyl (C=O) groups excluding carboxylic acids is 2. The van der Waals surface area contributed by atoms with Crippen molar-refractivity contribution in [3.05, 3.63) is 11.4 Å². The first kappa shape index (κ1) is 17.1. The number of hydrogen-bond acceptors (Lipinski definition) is 6. The van der Waals surface area contributed by atoms with Crippen molar-refractivity contribution >= 4 is 11.9 Å². The first-order chi connectivity index (χ1) is 10.1. The molecule has 1 aromatic heterocycles. The van der Waals surface area contributed by atoms with E-state index >= 15 is 0 Å². The standard InChI is InChI=1S/C13H23N5O3/c1-4-9(5-2)15-11(19)8-18-10(7-14)12(16-17-18)13(20)21-6-3/h9H,4-8,14H2,1-3H3,(H,15,19). The van der Waals surface area contributed by atoms with Crippen LogP contribution in [0.5, 0.6) is 0 Å². The van der Waals surface area contributed by atoms with E-state index in [4.69, 9.17) is 10.5 Å². The van der Waals surface area contributed by atoms with E-state index in [2.05, 4.69) is 15.6 Å². The third-order valence-corrected chi connectivity index (χ3v) is 3.14. The van der Waals surface area contributed by atoms with Crippen molar-refractivity contribution in [1.82, 2.24) is 20.3 Å². The van der Waals surface area contributed by atoms with Gasteiger partial charge in [-0.3, -0.25) is 4.79 Å². The van der Waals surface area contributed by atoms with E-state index in [1.165, 1.54) is 4.68 Å². The van der Waals surface area contributed by atoms with Gasteiger partial charge in [0, 0.05) is 12.6 Å². The van der Waals surface area contributed by atoms with E-state index < -0.39 is 5.97 Å². The number of esters is 1. The van der Waals surface area contributed by atoms with Crippen molar-refractivity contribution in [3.63, 3.8) is 0 Å². The van der Waals surface area contributed by atoms with Crippen LogP contribution in [0.15, 0.2) is 0 Å². The molecule has 8 heteroatoms. The topological polar surface area (TPSA) is 112 Å². The Kier molecular flexibility index (Phi) is 6.80. The van der Waals surface area contributed by atoms with Crippen LogP contribution in [0, 0.1) is 0 Å². The lowest BCUT2D eigenvalue weighted by Crippen LogP contribution is -2.36. The van der Waals surface area contributed by atoms with Crippen LogP contribution in [0.1, 0.15) is 49.8 Å². The maximum Gasteiger partial charge on any atom is 0.360 e. The highest BCUT2D eigenvalue weighted by atomic mass is 16.5. The van der Waals surface area contributed by atoms with Gasteiger partial charge in [-0.2, -0.15) is 0 Å². The Morgan fingerprint density at radius 3 is 2.52 bits per heavy atom. The van der Waals surface area contributed by atoms with Crippen molar-refractivity contribution < 1.29 is 14.3 Å². The molecule has 0 aliphatic carbocycles. The molecule has 0 aliphatic rings. The molecule has 21 heavy (non-hydrogen) atoms. The molecule has 0 saturated carbocycles. The van der Waals surface area contributed by atoms with Crippen LogP contribution in [0.4, 0.5) is 0 Å². The number of nitrogens with zero attached hydrogens (tertiary/aromatic N) is 3. The van der Waals surface area contributed by atoms with Crippen LogP contribution < -0.4 is 11.1 Å². The predicted octanol–water partition coefficient (Wildman–Crippen LogP) is 0.218. The highest BCUT2D eigenvalue weighted by molar-refractivity contribution is 5.88. The van der Waals surface area contributed by atoms with Crippen molar-refractivity contribution in [2.45, 2.75) is 52.7 Å². The Hall–Kier alpha value is -1.96. The minimum atomic E-state index is -0.579. The fourth-order valence-corrected chi connectivity index (χ4v) is 1.92. The number of aromatic nitrogens is 3. The van der Waals surface area contributed by atoms with Crippen LogP contribution >= 0.6 is 0 Å². The van der Waals surface area contributed by atoms with E-state index in [0.29, 0.717) is 5.69 Å². The molecule has 0 aromatic carbocycles. The van der Waals surface area contributed by atoms with Gasteiger partial charge in [0.2, 0.25) is 5.91 Å². The van der Waals surface area contributed by atoms with E-state index in [1.807, 2.05) is 13.8 Å². The zero-order valence-corrected chi connectivity index (χ0v) is 12.8. The number of amides is 1. The number of rotatable bonds is 8. The fourth-order valence-electron chi connectivity index (χ4n) is 1.92.